The lowest BCUT2D eigenvalue weighted by Crippen LogP contribution is -2.41. The van der Waals surface area contributed by atoms with E-state index in [9.17, 15) is 4.79 Å². The number of rotatable bonds is 5. The minimum atomic E-state index is -0.157. The fourth-order valence-corrected chi connectivity index (χ4v) is 2.30. The average molecular weight is 276 g/mol. The van der Waals surface area contributed by atoms with Crippen molar-refractivity contribution in [3.63, 3.8) is 0 Å². The maximum absolute atomic E-state index is 11.7. The van der Waals surface area contributed by atoms with Gasteiger partial charge in [0, 0.05) is 24.5 Å². The summed E-state index contributed by atoms with van der Waals surface area (Å²) in [5, 5.41) is 6.39. The first kappa shape index (κ1) is 16.7. The van der Waals surface area contributed by atoms with Crippen molar-refractivity contribution in [2.24, 2.45) is 0 Å². The molecule has 112 valence electrons. The van der Waals surface area contributed by atoms with E-state index in [2.05, 4.69) is 49.6 Å². The number of carbonyl (C=O) groups excluding carboxylic acids is 1. The van der Waals surface area contributed by atoms with E-state index < -0.39 is 0 Å². The molecule has 0 aliphatic carbocycles. The summed E-state index contributed by atoms with van der Waals surface area (Å²) in [6.07, 6.45) is 0.506. The van der Waals surface area contributed by atoms with E-state index in [-0.39, 0.29) is 17.5 Å². The Hall–Kier alpha value is -1.35. The van der Waals surface area contributed by atoms with E-state index in [1.54, 1.807) is 0 Å². The zero-order valence-corrected chi connectivity index (χ0v) is 13.6. The number of benzene rings is 1. The molecule has 1 rings (SSSR count). The number of amides is 1. The van der Waals surface area contributed by atoms with Crippen LogP contribution in [0.4, 0.5) is 0 Å². The third kappa shape index (κ3) is 5.74. The molecule has 3 heteroatoms. The van der Waals surface area contributed by atoms with Crippen molar-refractivity contribution in [3.05, 3.63) is 34.9 Å². The minimum absolute atomic E-state index is 0.0952. The molecule has 1 atom stereocenters. The van der Waals surface area contributed by atoms with E-state index in [0.29, 0.717) is 13.0 Å². The Morgan fingerprint density at radius 2 is 1.90 bits per heavy atom. The first-order valence-corrected chi connectivity index (χ1v) is 7.30. The van der Waals surface area contributed by atoms with Crippen molar-refractivity contribution in [2.75, 3.05) is 6.54 Å². The Balaban J connectivity index is 2.44. The van der Waals surface area contributed by atoms with Gasteiger partial charge in [0.05, 0.1) is 0 Å². The zero-order chi connectivity index (χ0) is 15.3. The van der Waals surface area contributed by atoms with Gasteiger partial charge in [-0.25, -0.2) is 0 Å². The average Bonchev–Trinajstić information content (AvgIpc) is 2.25. The van der Waals surface area contributed by atoms with Gasteiger partial charge < -0.3 is 10.6 Å². The van der Waals surface area contributed by atoms with Crippen molar-refractivity contribution >= 4 is 5.91 Å². The Kier molecular flexibility index (Phi) is 5.75. The summed E-state index contributed by atoms with van der Waals surface area (Å²) >= 11 is 0. The van der Waals surface area contributed by atoms with Crippen molar-refractivity contribution in [3.8, 4) is 0 Å². The second-order valence-electron chi connectivity index (χ2n) is 6.58. The molecule has 20 heavy (non-hydrogen) atoms. The summed E-state index contributed by atoms with van der Waals surface area (Å²) in [6, 6.07) is 6.75. The van der Waals surface area contributed by atoms with Gasteiger partial charge in [-0.15, -0.1) is 0 Å². The number of nitrogens with one attached hydrogen (secondary N) is 2. The van der Waals surface area contributed by atoms with Gasteiger partial charge in [-0.05, 0) is 52.7 Å². The Morgan fingerprint density at radius 1 is 1.25 bits per heavy atom. The SMILES string of the molecule is Cc1ccc(C(C)NCCC(=O)NC(C)(C)C)c(C)c1. The van der Waals surface area contributed by atoms with Gasteiger partial charge in [-0.2, -0.15) is 0 Å². The molecular weight excluding hydrogens is 248 g/mol. The Labute approximate surface area is 123 Å². The number of carbonyl (C=O) groups is 1. The fraction of sp³-hybridized carbons (Fsp3) is 0.588. The number of aryl methyl sites for hydroxylation is 2. The van der Waals surface area contributed by atoms with Crippen LogP contribution in [-0.4, -0.2) is 18.0 Å². The van der Waals surface area contributed by atoms with Crippen molar-refractivity contribution in [1.29, 1.82) is 0 Å². The van der Waals surface area contributed by atoms with Gasteiger partial charge in [0.2, 0.25) is 5.91 Å². The topological polar surface area (TPSA) is 41.1 Å². The van der Waals surface area contributed by atoms with Crippen LogP contribution in [0.5, 0.6) is 0 Å². The summed E-state index contributed by atoms with van der Waals surface area (Å²) < 4.78 is 0. The molecular formula is C17H28N2O. The molecule has 0 bridgehead atoms. The van der Waals surface area contributed by atoms with E-state index >= 15 is 0 Å². The molecule has 0 aromatic heterocycles. The molecule has 0 fully saturated rings. The summed E-state index contributed by atoms with van der Waals surface area (Å²) in [4.78, 5) is 11.7. The third-order valence-electron chi connectivity index (χ3n) is 3.21. The summed E-state index contributed by atoms with van der Waals surface area (Å²) in [7, 11) is 0. The minimum Gasteiger partial charge on any atom is -0.351 e. The molecule has 1 aromatic rings. The largest absolute Gasteiger partial charge is 0.351 e. The lowest BCUT2D eigenvalue weighted by molar-refractivity contribution is -0.122. The molecule has 0 aliphatic rings. The molecule has 0 saturated carbocycles. The molecule has 0 aliphatic heterocycles. The van der Waals surface area contributed by atoms with Crippen LogP contribution in [0.15, 0.2) is 18.2 Å². The van der Waals surface area contributed by atoms with E-state index in [0.717, 1.165) is 0 Å². The van der Waals surface area contributed by atoms with Crippen LogP contribution in [-0.2, 0) is 4.79 Å². The third-order valence-corrected chi connectivity index (χ3v) is 3.21. The Bertz CT molecular complexity index is 461. The van der Waals surface area contributed by atoms with Crippen LogP contribution in [0.1, 0.15) is 56.8 Å². The second-order valence-corrected chi connectivity index (χ2v) is 6.58. The lowest BCUT2D eigenvalue weighted by atomic mass is 10.0. The zero-order valence-electron chi connectivity index (χ0n) is 13.6. The Morgan fingerprint density at radius 3 is 2.45 bits per heavy atom. The maximum atomic E-state index is 11.7. The van der Waals surface area contributed by atoms with Crippen LogP contribution in [0, 0.1) is 13.8 Å². The number of hydrogen-bond acceptors (Lipinski definition) is 2. The second kappa shape index (κ2) is 6.89. The van der Waals surface area contributed by atoms with E-state index in [4.69, 9.17) is 0 Å². The van der Waals surface area contributed by atoms with Gasteiger partial charge in [-0.1, -0.05) is 23.8 Å². The standard InChI is InChI=1S/C17H28N2O/c1-12-7-8-15(13(2)11-12)14(3)18-10-9-16(20)19-17(4,5)6/h7-8,11,14,18H,9-10H2,1-6H3,(H,19,20). The molecule has 0 saturated heterocycles. The summed E-state index contributed by atoms with van der Waals surface area (Å²) in [6.45, 7) is 13.1. The van der Waals surface area contributed by atoms with Gasteiger partial charge in [0.15, 0.2) is 0 Å². The van der Waals surface area contributed by atoms with Gasteiger partial charge in [0.25, 0.3) is 0 Å². The molecule has 1 unspecified atom stereocenters. The van der Waals surface area contributed by atoms with Crippen molar-refractivity contribution < 1.29 is 4.79 Å². The lowest BCUT2D eigenvalue weighted by Gasteiger charge is -2.21. The van der Waals surface area contributed by atoms with Gasteiger partial charge in [0.1, 0.15) is 0 Å². The van der Waals surface area contributed by atoms with E-state index in [1.165, 1.54) is 16.7 Å². The quantitative estimate of drug-likeness (QED) is 0.866. The first-order valence-electron chi connectivity index (χ1n) is 7.30. The summed E-state index contributed by atoms with van der Waals surface area (Å²) in [5.74, 6) is 0.0952. The monoisotopic (exact) mass is 276 g/mol. The molecule has 2 N–H and O–H groups in total. The maximum Gasteiger partial charge on any atom is 0.221 e. The van der Waals surface area contributed by atoms with Crippen molar-refractivity contribution in [1.82, 2.24) is 10.6 Å². The van der Waals surface area contributed by atoms with E-state index in [1.807, 2.05) is 20.8 Å². The highest BCUT2D eigenvalue weighted by molar-refractivity contribution is 5.76. The predicted octanol–water partition coefficient (Wildman–Crippen LogP) is 3.26. The predicted molar refractivity (Wildman–Crippen MR) is 84.8 cm³/mol. The van der Waals surface area contributed by atoms with Crippen LogP contribution < -0.4 is 10.6 Å². The normalized spacial score (nSPS) is 13.1. The summed E-state index contributed by atoms with van der Waals surface area (Å²) in [5.41, 5.74) is 3.72. The first-order chi connectivity index (χ1) is 9.19. The molecule has 0 spiro atoms. The molecule has 0 heterocycles. The molecule has 3 nitrogen and oxygen atoms in total. The van der Waals surface area contributed by atoms with Crippen LogP contribution in [0.25, 0.3) is 0 Å². The molecule has 0 radical (unpaired) electrons. The van der Waals surface area contributed by atoms with Crippen LogP contribution in [0.3, 0.4) is 0 Å². The smallest absolute Gasteiger partial charge is 0.221 e. The molecule has 1 aromatic carbocycles. The van der Waals surface area contributed by atoms with Crippen molar-refractivity contribution in [2.45, 2.75) is 59.5 Å². The number of hydrogen-bond donors (Lipinski definition) is 2. The van der Waals surface area contributed by atoms with Gasteiger partial charge >= 0.3 is 0 Å². The van der Waals surface area contributed by atoms with Crippen LogP contribution in [0.2, 0.25) is 0 Å². The fourth-order valence-electron chi connectivity index (χ4n) is 2.30. The highest BCUT2D eigenvalue weighted by atomic mass is 16.1. The highest BCUT2D eigenvalue weighted by Gasteiger charge is 2.14. The molecule has 1 amide bonds. The van der Waals surface area contributed by atoms with Crippen LogP contribution >= 0.6 is 0 Å². The van der Waals surface area contributed by atoms with Gasteiger partial charge in [-0.3, -0.25) is 4.79 Å². The highest BCUT2D eigenvalue weighted by Crippen LogP contribution is 2.18.